The number of nitrogens with one attached hydrogen (secondary N) is 1. The zero-order valence-corrected chi connectivity index (χ0v) is 13.1. The van der Waals surface area contributed by atoms with Crippen LogP contribution in [0, 0.1) is 0 Å². The van der Waals surface area contributed by atoms with Gasteiger partial charge in [-0.15, -0.1) is 11.3 Å². The SMILES string of the molecule is CCc1c(OS(C)(=O)=O)cccc1C(=O)Nc1nccs1. The summed E-state index contributed by atoms with van der Waals surface area (Å²) in [7, 11) is -3.64. The highest BCUT2D eigenvalue weighted by atomic mass is 32.2. The van der Waals surface area contributed by atoms with E-state index < -0.39 is 10.1 Å². The molecule has 0 fully saturated rings. The normalized spacial score (nSPS) is 11.1. The number of benzene rings is 1. The van der Waals surface area contributed by atoms with Gasteiger partial charge < -0.3 is 4.18 Å². The fraction of sp³-hybridized carbons (Fsp3) is 0.231. The number of amides is 1. The second-order valence-electron chi connectivity index (χ2n) is 4.21. The number of hydrogen-bond acceptors (Lipinski definition) is 6. The van der Waals surface area contributed by atoms with Gasteiger partial charge in [0.15, 0.2) is 5.13 Å². The van der Waals surface area contributed by atoms with Gasteiger partial charge in [0.1, 0.15) is 5.75 Å². The molecule has 0 aliphatic heterocycles. The first-order chi connectivity index (χ1) is 9.90. The van der Waals surface area contributed by atoms with Crippen LogP contribution in [0.4, 0.5) is 5.13 Å². The Morgan fingerprint density at radius 2 is 2.19 bits per heavy atom. The Bertz CT molecular complexity index is 740. The highest BCUT2D eigenvalue weighted by molar-refractivity contribution is 7.86. The molecule has 1 aromatic heterocycles. The van der Waals surface area contributed by atoms with Crippen LogP contribution >= 0.6 is 11.3 Å². The molecule has 1 aromatic carbocycles. The van der Waals surface area contributed by atoms with Gasteiger partial charge in [-0.25, -0.2) is 4.98 Å². The third-order valence-electron chi connectivity index (χ3n) is 2.63. The van der Waals surface area contributed by atoms with Crippen molar-refractivity contribution in [3.05, 3.63) is 40.9 Å². The summed E-state index contributed by atoms with van der Waals surface area (Å²) in [5, 5.41) is 4.90. The predicted molar refractivity (Wildman–Crippen MR) is 81.4 cm³/mol. The van der Waals surface area contributed by atoms with E-state index in [2.05, 4.69) is 10.3 Å². The van der Waals surface area contributed by atoms with E-state index in [9.17, 15) is 13.2 Å². The number of hydrogen-bond donors (Lipinski definition) is 1. The van der Waals surface area contributed by atoms with Crippen LogP contribution in [-0.2, 0) is 16.5 Å². The number of carbonyl (C=O) groups is 1. The summed E-state index contributed by atoms with van der Waals surface area (Å²) in [5.41, 5.74) is 0.908. The third-order valence-corrected chi connectivity index (χ3v) is 3.80. The van der Waals surface area contributed by atoms with Gasteiger partial charge in [-0.3, -0.25) is 10.1 Å². The Labute approximate surface area is 126 Å². The van der Waals surface area contributed by atoms with Crippen molar-refractivity contribution < 1.29 is 17.4 Å². The summed E-state index contributed by atoms with van der Waals surface area (Å²) in [6.07, 6.45) is 3.02. The minimum absolute atomic E-state index is 0.173. The number of nitrogens with zero attached hydrogens (tertiary/aromatic N) is 1. The molecule has 0 saturated carbocycles. The lowest BCUT2D eigenvalue weighted by atomic mass is 10.0. The molecule has 0 unspecified atom stereocenters. The third kappa shape index (κ3) is 4.02. The molecule has 0 bridgehead atoms. The van der Waals surface area contributed by atoms with Crippen LogP contribution in [0.25, 0.3) is 0 Å². The maximum absolute atomic E-state index is 12.3. The molecule has 0 radical (unpaired) electrons. The highest BCUT2D eigenvalue weighted by Gasteiger charge is 2.17. The molecule has 2 rings (SSSR count). The summed E-state index contributed by atoms with van der Waals surface area (Å²) < 4.78 is 27.5. The van der Waals surface area contributed by atoms with E-state index in [1.54, 1.807) is 23.7 Å². The summed E-state index contributed by atoms with van der Waals surface area (Å²) in [6, 6.07) is 4.73. The van der Waals surface area contributed by atoms with Crippen molar-refractivity contribution in [3.63, 3.8) is 0 Å². The lowest BCUT2D eigenvalue weighted by Crippen LogP contribution is -2.15. The van der Waals surface area contributed by atoms with Gasteiger partial charge in [-0.1, -0.05) is 13.0 Å². The molecule has 0 aliphatic carbocycles. The predicted octanol–water partition coefficient (Wildman–Crippen LogP) is 2.30. The summed E-state index contributed by atoms with van der Waals surface area (Å²) in [6.45, 7) is 1.82. The molecular formula is C13H14N2O4S2. The van der Waals surface area contributed by atoms with Crippen LogP contribution < -0.4 is 9.50 Å². The van der Waals surface area contributed by atoms with Crippen molar-refractivity contribution in [3.8, 4) is 5.75 Å². The van der Waals surface area contributed by atoms with Crippen molar-refractivity contribution in [2.75, 3.05) is 11.6 Å². The van der Waals surface area contributed by atoms with Crippen molar-refractivity contribution in [2.24, 2.45) is 0 Å². The van der Waals surface area contributed by atoms with Crippen LogP contribution in [0.5, 0.6) is 5.75 Å². The maximum Gasteiger partial charge on any atom is 0.306 e. The monoisotopic (exact) mass is 326 g/mol. The molecule has 0 atom stereocenters. The van der Waals surface area contributed by atoms with Crippen LogP contribution in [0.15, 0.2) is 29.8 Å². The van der Waals surface area contributed by atoms with E-state index in [-0.39, 0.29) is 11.7 Å². The maximum atomic E-state index is 12.3. The van der Waals surface area contributed by atoms with E-state index in [1.807, 2.05) is 6.92 Å². The van der Waals surface area contributed by atoms with Gasteiger partial charge in [0.2, 0.25) is 0 Å². The van der Waals surface area contributed by atoms with E-state index in [1.165, 1.54) is 17.4 Å². The van der Waals surface area contributed by atoms with Crippen LogP contribution in [0.3, 0.4) is 0 Å². The van der Waals surface area contributed by atoms with E-state index in [0.717, 1.165) is 6.26 Å². The first kappa shape index (κ1) is 15.5. The van der Waals surface area contributed by atoms with E-state index in [4.69, 9.17) is 4.18 Å². The van der Waals surface area contributed by atoms with Gasteiger partial charge in [0, 0.05) is 22.7 Å². The molecular weight excluding hydrogens is 312 g/mol. The molecule has 2 aromatic rings. The summed E-state index contributed by atoms with van der Waals surface area (Å²) in [4.78, 5) is 16.2. The lowest BCUT2D eigenvalue weighted by molar-refractivity contribution is 0.102. The molecule has 1 amide bonds. The quantitative estimate of drug-likeness (QED) is 0.852. The number of anilines is 1. The van der Waals surface area contributed by atoms with Gasteiger partial charge in [0.05, 0.1) is 6.26 Å². The Hall–Kier alpha value is -1.93. The largest absolute Gasteiger partial charge is 0.382 e. The zero-order chi connectivity index (χ0) is 15.5. The Morgan fingerprint density at radius 3 is 2.76 bits per heavy atom. The molecule has 1 heterocycles. The molecule has 0 aliphatic rings. The number of thiazole rings is 1. The number of carbonyl (C=O) groups excluding carboxylic acids is 1. The second-order valence-corrected chi connectivity index (χ2v) is 6.68. The number of rotatable bonds is 5. The number of aromatic nitrogens is 1. The van der Waals surface area contributed by atoms with E-state index >= 15 is 0 Å². The lowest BCUT2D eigenvalue weighted by Gasteiger charge is -2.12. The first-order valence-electron chi connectivity index (χ1n) is 6.13. The Kier molecular flexibility index (Phi) is 4.59. The topological polar surface area (TPSA) is 85.4 Å². The first-order valence-corrected chi connectivity index (χ1v) is 8.82. The minimum atomic E-state index is -3.64. The van der Waals surface area contributed by atoms with Crippen LogP contribution in [0.2, 0.25) is 0 Å². The fourth-order valence-corrected chi connectivity index (χ4v) is 2.84. The van der Waals surface area contributed by atoms with Crippen molar-refractivity contribution in [1.29, 1.82) is 0 Å². The minimum Gasteiger partial charge on any atom is -0.382 e. The van der Waals surface area contributed by atoms with Crippen molar-refractivity contribution in [1.82, 2.24) is 4.98 Å². The van der Waals surface area contributed by atoms with Gasteiger partial charge in [-0.2, -0.15) is 8.42 Å². The molecule has 0 saturated heterocycles. The standard InChI is InChI=1S/C13H14N2O4S2/c1-3-9-10(12(16)15-13-14-7-8-20-13)5-4-6-11(9)19-21(2,17)18/h4-8H,3H2,1-2H3,(H,14,15,16). The molecule has 112 valence electrons. The van der Waals surface area contributed by atoms with Gasteiger partial charge in [-0.05, 0) is 18.6 Å². The fourth-order valence-electron chi connectivity index (χ4n) is 1.83. The second kappa shape index (κ2) is 6.23. The average Bonchev–Trinajstić information content (AvgIpc) is 2.89. The highest BCUT2D eigenvalue weighted by Crippen LogP contribution is 2.25. The van der Waals surface area contributed by atoms with Crippen LogP contribution in [0.1, 0.15) is 22.8 Å². The van der Waals surface area contributed by atoms with Gasteiger partial charge in [0.25, 0.3) is 5.91 Å². The molecule has 21 heavy (non-hydrogen) atoms. The van der Waals surface area contributed by atoms with Crippen molar-refractivity contribution in [2.45, 2.75) is 13.3 Å². The van der Waals surface area contributed by atoms with Crippen LogP contribution in [-0.4, -0.2) is 25.6 Å². The Morgan fingerprint density at radius 1 is 1.43 bits per heavy atom. The molecule has 1 N–H and O–H groups in total. The van der Waals surface area contributed by atoms with Gasteiger partial charge >= 0.3 is 10.1 Å². The average molecular weight is 326 g/mol. The summed E-state index contributed by atoms with van der Waals surface area (Å²) >= 11 is 1.30. The van der Waals surface area contributed by atoms with Crippen molar-refractivity contribution >= 4 is 32.5 Å². The molecule has 0 spiro atoms. The zero-order valence-electron chi connectivity index (χ0n) is 11.5. The Balaban J connectivity index is 2.35. The molecule has 8 heteroatoms. The van der Waals surface area contributed by atoms with E-state index in [0.29, 0.717) is 22.7 Å². The smallest absolute Gasteiger partial charge is 0.306 e. The summed E-state index contributed by atoms with van der Waals surface area (Å²) in [5.74, 6) is -0.174. The molecule has 6 nitrogen and oxygen atoms in total.